The largest absolute Gasteiger partial charge is 0.385 e. The highest BCUT2D eigenvalue weighted by atomic mass is 35.5. The molecule has 3 rings (SSSR count). The Labute approximate surface area is 108 Å². The molecule has 0 heterocycles. The number of benzene rings is 1. The van der Waals surface area contributed by atoms with E-state index in [0.717, 1.165) is 23.4 Å². The van der Waals surface area contributed by atoms with Crippen molar-refractivity contribution in [3.63, 3.8) is 0 Å². The minimum absolute atomic E-state index is 0.368. The fraction of sp³-hybridized carbons (Fsp3) is 0.600. The highest BCUT2D eigenvalue weighted by Gasteiger charge is 2.60. The first-order valence-corrected chi connectivity index (χ1v) is 6.91. The summed E-state index contributed by atoms with van der Waals surface area (Å²) in [5.74, 6) is 0.435. The highest BCUT2D eigenvalue weighted by Crippen LogP contribution is 2.64. The minimum Gasteiger partial charge on any atom is -0.385 e. The maximum atomic E-state index is 10.9. The lowest BCUT2D eigenvalue weighted by molar-refractivity contribution is -0.212. The number of fused-ring (bicyclic) bond motifs is 1. The van der Waals surface area contributed by atoms with Crippen LogP contribution in [0.2, 0.25) is 5.02 Å². The number of hydrogen-bond acceptors (Lipinski definition) is 1. The molecule has 3 atom stereocenters. The van der Waals surface area contributed by atoms with Crippen LogP contribution in [0.25, 0.3) is 0 Å². The Morgan fingerprint density at radius 2 is 1.94 bits per heavy atom. The topological polar surface area (TPSA) is 20.2 Å². The van der Waals surface area contributed by atoms with Crippen LogP contribution < -0.4 is 0 Å². The maximum absolute atomic E-state index is 10.9. The third kappa shape index (κ3) is 1.63. The van der Waals surface area contributed by atoms with Gasteiger partial charge in [-0.25, -0.2) is 0 Å². The Morgan fingerprint density at radius 1 is 1.24 bits per heavy atom. The summed E-state index contributed by atoms with van der Waals surface area (Å²) >= 11 is 5.91. The van der Waals surface area contributed by atoms with Gasteiger partial charge >= 0.3 is 0 Å². The van der Waals surface area contributed by atoms with Crippen LogP contribution in [0.15, 0.2) is 24.3 Å². The standard InChI is InChI=1S/C15H19ClO/c1-14-9-3-2-4-13(14)15(17,10-14)11-5-7-12(16)8-6-11/h5-8,13,17H,2-4,9-10H2,1H3. The van der Waals surface area contributed by atoms with Gasteiger partial charge in [-0.3, -0.25) is 0 Å². The van der Waals surface area contributed by atoms with Crippen LogP contribution in [0.5, 0.6) is 0 Å². The van der Waals surface area contributed by atoms with Gasteiger partial charge in [-0.2, -0.15) is 0 Å². The van der Waals surface area contributed by atoms with Gasteiger partial charge in [0.05, 0.1) is 5.60 Å². The van der Waals surface area contributed by atoms with Gasteiger partial charge in [0.2, 0.25) is 0 Å². The van der Waals surface area contributed by atoms with E-state index >= 15 is 0 Å². The zero-order valence-electron chi connectivity index (χ0n) is 10.2. The highest BCUT2D eigenvalue weighted by molar-refractivity contribution is 6.30. The molecule has 0 spiro atoms. The molecule has 0 aromatic heterocycles. The van der Waals surface area contributed by atoms with E-state index in [1.54, 1.807) is 0 Å². The van der Waals surface area contributed by atoms with Gasteiger partial charge < -0.3 is 5.11 Å². The monoisotopic (exact) mass is 250 g/mol. The predicted molar refractivity (Wildman–Crippen MR) is 70.0 cm³/mol. The normalized spacial score (nSPS) is 40.5. The van der Waals surface area contributed by atoms with E-state index in [2.05, 4.69) is 6.92 Å². The Balaban J connectivity index is 1.91. The fourth-order valence-corrected chi connectivity index (χ4v) is 4.20. The van der Waals surface area contributed by atoms with E-state index < -0.39 is 5.60 Å². The average Bonchev–Trinajstić information content (AvgIpc) is 2.28. The molecule has 2 heteroatoms. The van der Waals surface area contributed by atoms with Crippen molar-refractivity contribution in [3.8, 4) is 0 Å². The quantitative estimate of drug-likeness (QED) is 0.795. The predicted octanol–water partition coefficient (Wildman–Crippen LogP) is 4.13. The van der Waals surface area contributed by atoms with Crippen molar-refractivity contribution >= 4 is 11.6 Å². The van der Waals surface area contributed by atoms with E-state index in [4.69, 9.17) is 11.6 Å². The first-order valence-electron chi connectivity index (χ1n) is 6.53. The van der Waals surface area contributed by atoms with Crippen LogP contribution in [0.4, 0.5) is 0 Å². The second-order valence-electron chi connectivity index (χ2n) is 6.06. The van der Waals surface area contributed by atoms with Crippen LogP contribution in [0.1, 0.15) is 44.6 Å². The summed E-state index contributed by atoms with van der Waals surface area (Å²) in [5.41, 5.74) is 0.818. The minimum atomic E-state index is -0.597. The maximum Gasteiger partial charge on any atom is 0.0935 e. The molecule has 0 amide bonds. The van der Waals surface area contributed by atoms with Gasteiger partial charge in [-0.1, -0.05) is 43.5 Å². The molecule has 2 aliphatic carbocycles. The second-order valence-corrected chi connectivity index (χ2v) is 6.50. The van der Waals surface area contributed by atoms with Crippen LogP contribution in [-0.4, -0.2) is 5.11 Å². The van der Waals surface area contributed by atoms with E-state index in [1.807, 2.05) is 24.3 Å². The Morgan fingerprint density at radius 3 is 2.59 bits per heavy atom. The molecule has 1 nitrogen and oxygen atoms in total. The molecule has 0 saturated heterocycles. The van der Waals surface area contributed by atoms with Crippen molar-refractivity contribution in [2.45, 2.75) is 44.6 Å². The van der Waals surface area contributed by atoms with E-state index in [-0.39, 0.29) is 0 Å². The summed E-state index contributed by atoms with van der Waals surface area (Å²) < 4.78 is 0. The molecule has 0 aliphatic heterocycles. The Bertz CT molecular complexity index is 427. The Hall–Kier alpha value is -0.530. The van der Waals surface area contributed by atoms with Crippen LogP contribution in [0.3, 0.4) is 0 Å². The summed E-state index contributed by atoms with van der Waals surface area (Å²) in [6, 6.07) is 7.73. The summed E-state index contributed by atoms with van der Waals surface area (Å²) in [6.45, 7) is 2.33. The SMILES string of the molecule is CC12CCCCC1C(O)(c1ccc(Cl)cc1)C2. The zero-order valence-corrected chi connectivity index (χ0v) is 11.0. The summed E-state index contributed by atoms with van der Waals surface area (Å²) in [5, 5.41) is 11.6. The zero-order chi connectivity index (χ0) is 12.1. The third-order valence-electron chi connectivity index (χ3n) is 4.93. The second kappa shape index (κ2) is 3.73. The molecule has 3 unspecified atom stereocenters. The summed E-state index contributed by atoms with van der Waals surface area (Å²) in [7, 11) is 0. The molecular weight excluding hydrogens is 232 g/mol. The average molecular weight is 251 g/mol. The van der Waals surface area contributed by atoms with E-state index in [1.165, 1.54) is 19.3 Å². The first kappa shape index (κ1) is 11.6. The van der Waals surface area contributed by atoms with Gasteiger partial charge in [-0.15, -0.1) is 0 Å². The molecule has 2 saturated carbocycles. The van der Waals surface area contributed by atoms with Crippen molar-refractivity contribution in [1.82, 2.24) is 0 Å². The smallest absolute Gasteiger partial charge is 0.0935 e. The summed E-state index contributed by atoms with van der Waals surface area (Å²) in [6.07, 6.45) is 5.93. The number of rotatable bonds is 1. The molecule has 1 aromatic carbocycles. The van der Waals surface area contributed by atoms with Crippen molar-refractivity contribution < 1.29 is 5.11 Å². The van der Waals surface area contributed by atoms with Crippen LogP contribution >= 0.6 is 11.6 Å². The van der Waals surface area contributed by atoms with E-state index in [0.29, 0.717) is 11.3 Å². The number of halogens is 1. The first-order chi connectivity index (χ1) is 8.05. The molecule has 92 valence electrons. The van der Waals surface area contributed by atoms with Gasteiger partial charge in [0.1, 0.15) is 0 Å². The lowest BCUT2D eigenvalue weighted by Crippen LogP contribution is -2.59. The van der Waals surface area contributed by atoms with Gasteiger partial charge in [-0.05, 0) is 48.3 Å². The van der Waals surface area contributed by atoms with E-state index in [9.17, 15) is 5.11 Å². The van der Waals surface area contributed by atoms with Crippen molar-refractivity contribution in [2.24, 2.45) is 11.3 Å². The molecule has 1 aromatic rings. The molecule has 0 radical (unpaired) electrons. The number of aliphatic hydroxyl groups is 1. The molecule has 1 N–H and O–H groups in total. The van der Waals surface area contributed by atoms with Gasteiger partial charge in [0.15, 0.2) is 0 Å². The van der Waals surface area contributed by atoms with Crippen LogP contribution in [-0.2, 0) is 5.60 Å². The fourth-order valence-electron chi connectivity index (χ4n) is 4.08. The molecule has 0 bridgehead atoms. The third-order valence-corrected chi connectivity index (χ3v) is 5.18. The Kier molecular flexibility index (Phi) is 2.53. The summed E-state index contributed by atoms with van der Waals surface area (Å²) in [4.78, 5) is 0. The number of hydrogen-bond donors (Lipinski definition) is 1. The molecule has 2 fully saturated rings. The van der Waals surface area contributed by atoms with Gasteiger partial charge in [0.25, 0.3) is 0 Å². The molecule has 2 aliphatic rings. The lowest BCUT2D eigenvalue weighted by atomic mass is 9.45. The van der Waals surface area contributed by atoms with Crippen molar-refractivity contribution in [3.05, 3.63) is 34.9 Å². The molecular formula is C15H19ClO. The van der Waals surface area contributed by atoms with Gasteiger partial charge in [0, 0.05) is 5.02 Å². The van der Waals surface area contributed by atoms with Crippen molar-refractivity contribution in [1.29, 1.82) is 0 Å². The molecule has 17 heavy (non-hydrogen) atoms. The lowest BCUT2D eigenvalue weighted by Gasteiger charge is -2.61. The van der Waals surface area contributed by atoms with Crippen LogP contribution in [0, 0.1) is 11.3 Å². The van der Waals surface area contributed by atoms with Crippen molar-refractivity contribution in [2.75, 3.05) is 0 Å².